The summed E-state index contributed by atoms with van der Waals surface area (Å²) in [4.78, 5) is 108. The molecule has 1 rings (SSSR count). The molecule has 4 N–H and O–H groups in total. The summed E-state index contributed by atoms with van der Waals surface area (Å²) in [5, 5.41) is 17.6. The summed E-state index contributed by atoms with van der Waals surface area (Å²) in [6.45, 7) is 23.1. The van der Waals surface area contributed by atoms with E-state index in [1.807, 2.05) is 66.9 Å². The second kappa shape index (κ2) is 33.5. The van der Waals surface area contributed by atoms with E-state index in [1.165, 1.54) is 37.7 Å². The molecule has 1 aromatic carbocycles. The van der Waals surface area contributed by atoms with Gasteiger partial charge in [-0.1, -0.05) is 96.9 Å². The molecule has 0 heterocycles. The van der Waals surface area contributed by atoms with Crippen molar-refractivity contribution in [2.45, 2.75) is 177 Å². The van der Waals surface area contributed by atoms with Crippen molar-refractivity contribution in [2.75, 3.05) is 39.4 Å². The number of aliphatic carboxylic acids is 1. The lowest BCUT2D eigenvalue weighted by Crippen LogP contribution is -2.56. The van der Waals surface area contributed by atoms with Crippen LogP contribution in [0.1, 0.15) is 134 Å². The number of benzene rings is 1. The first-order valence-electron chi connectivity index (χ1n) is 25.7. The Hall–Kier alpha value is -5.43. The maximum absolute atomic E-state index is 14.1. The summed E-state index contributed by atoms with van der Waals surface area (Å²) in [5.74, 6) is -5.79. The van der Waals surface area contributed by atoms with E-state index in [9.17, 15) is 43.5 Å². The molecule has 1 unspecified atom stereocenters. The van der Waals surface area contributed by atoms with Crippen LogP contribution in [0.5, 0.6) is 0 Å². The lowest BCUT2D eigenvalue weighted by atomic mass is 9.90. The second-order valence-corrected chi connectivity index (χ2v) is 21.5. The molecular formula is C55H89N5O13S. The second-order valence-electron chi connectivity index (χ2n) is 20.7. The molecule has 0 bridgehead atoms. The van der Waals surface area contributed by atoms with Gasteiger partial charge in [0.1, 0.15) is 29.8 Å². The minimum atomic E-state index is -1.28. The number of carbonyl (C=O) groups is 8. The zero-order valence-corrected chi connectivity index (χ0v) is 47.9. The van der Waals surface area contributed by atoms with Crippen molar-refractivity contribution in [3.63, 3.8) is 0 Å². The summed E-state index contributed by atoms with van der Waals surface area (Å²) in [6, 6.07) is 5.51. The number of ether oxygens (including phenoxy) is 4. The first-order chi connectivity index (χ1) is 34.6. The van der Waals surface area contributed by atoms with Crippen molar-refractivity contribution < 1.29 is 62.4 Å². The molecule has 0 saturated heterocycles. The van der Waals surface area contributed by atoms with Crippen LogP contribution in [-0.4, -0.2) is 144 Å². The van der Waals surface area contributed by atoms with Gasteiger partial charge in [-0.3, -0.25) is 24.0 Å². The number of carbonyl (C=O) groups excluding carboxylic acids is 7. The highest BCUT2D eigenvalue weighted by atomic mass is 32.2. The zero-order chi connectivity index (χ0) is 56.5. The molecule has 0 aliphatic heterocycles. The Morgan fingerprint density at radius 2 is 1.51 bits per heavy atom. The van der Waals surface area contributed by atoms with Gasteiger partial charge < -0.3 is 49.8 Å². The number of thioether (sulfide) groups is 1. The molecule has 19 heteroatoms. The van der Waals surface area contributed by atoms with Gasteiger partial charge in [0.05, 0.1) is 24.5 Å². The number of rotatable bonds is 32. The van der Waals surface area contributed by atoms with E-state index in [4.69, 9.17) is 18.9 Å². The summed E-state index contributed by atoms with van der Waals surface area (Å²) in [6.07, 6.45) is 5.40. The Morgan fingerprint density at radius 1 is 0.878 bits per heavy atom. The van der Waals surface area contributed by atoms with E-state index in [1.54, 1.807) is 65.0 Å². The topological polar surface area (TPSA) is 236 Å². The molecule has 9 atom stereocenters. The molecule has 0 saturated carbocycles. The highest BCUT2D eigenvalue weighted by Crippen LogP contribution is 2.27. The van der Waals surface area contributed by atoms with Crippen LogP contribution < -0.4 is 16.0 Å². The molecule has 0 spiro atoms. The van der Waals surface area contributed by atoms with Gasteiger partial charge in [-0.25, -0.2) is 14.4 Å². The molecule has 0 radical (unpaired) electrons. The molecule has 74 heavy (non-hydrogen) atoms. The number of hydrogen-bond acceptors (Lipinski definition) is 13. The van der Waals surface area contributed by atoms with Crippen molar-refractivity contribution in [1.82, 2.24) is 25.8 Å². The molecule has 0 aromatic heterocycles. The number of alkyl carbamates (subject to hydrolysis) is 1. The van der Waals surface area contributed by atoms with Gasteiger partial charge >= 0.3 is 24.0 Å². The van der Waals surface area contributed by atoms with Gasteiger partial charge in [-0.05, 0) is 103 Å². The Balaban J connectivity index is 3.21. The van der Waals surface area contributed by atoms with Crippen LogP contribution in [0, 0.1) is 23.7 Å². The number of amides is 5. The van der Waals surface area contributed by atoms with Crippen molar-refractivity contribution in [2.24, 2.45) is 23.7 Å². The molecule has 18 nitrogen and oxygen atoms in total. The number of nitrogens with one attached hydrogen (secondary N) is 3. The van der Waals surface area contributed by atoms with E-state index < -0.39 is 96.2 Å². The summed E-state index contributed by atoms with van der Waals surface area (Å²) >= 11 is 1.47. The SMILES string of the molecule is C/C=C(\C)[C@@H](OC(=O)[C@H](C)CCCCNC(=O)OC(C)(C)C)[C@@H](C)[C@H](C/C=C(\C)C(=O)O[C@H](CC(C)C)C(=O)N[C@@H](C)C(=O)N(C)[C@H](Cc1ccccc1)C(=O)N(C)CC(=O)N[C@H](C(=O)O)C(C)CC)OCSC. The van der Waals surface area contributed by atoms with Crippen LogP contribution in [-0.2, 0) is 58.9 Å². The fraction of sp³-hybridized carbons (Fsp3) is 0.673. The number of nitrogens with zero attached hydrogens (tertiary/aromatic N) is 2. The number of carboxylic acid groups (broad SMARTS) is 1. The Labute approximate surface area is 445 Å². The van der Waals surface area contributed by atoms with Gasteiger partial charge in [-0.2, -0.15) is 0 Å². The number of hydrogen-bond donors (Lipinski definition) is 4. The van der Waals surface area contributed by atoms with Crippen LogP contribution in [0.15, 0.2) is 53.6 Å². The van der Waals surface area contributed by atoms with E-state index in [0.29, 0.717) is 38.2 Å². The Kier molecular flexibility index (Phi) is 30.1. The summed E-state index contributed by atoms with van der Waals surface area (Å²) < 4.78 is 23.5. The van der Waals surface area contributed by atoms with Crippen molar-refractivity contribution in [3.05, 3.63) is 59.2 Å². The number of carboxylic acids is 1. The van der Waals surface area contributed by atoms with Crippen LogP contribution >= 0.6 is 11.8 Å². The smallest absolute Gasteiger partial charge is 0.407 e. The molecule has 1 aromatic rings. The normalized spacial score (nSPS) is 15.7. The van der Waals surface area contributed by atoms with Gasteiger partial charge in [0, 0.05) is 38.6 Å². The average molecular weight is 1060 g/mol. The molecule has 0 fully saturated rings. The van der Waals surface area contributed by atoms with Crippen molar-refractivity contribution in [3.8, 4) is 0 Å². The number of likely N-dealkylation sites (N-methyl/N-ethyl adjacent to an activating group) is 2. The predicted octanol–water partition coefficient (Wildman–Crippen LogP) is 7.48. The zero-order valence-electron chi connectivity index (χ0n) is 47.0. The predicted molar refractivity (Wildman–Crippen MR) is 288 cm³/mol. The first-order valence-corrected chi connectivity index (χ1v) is 27.1. The van der Waals surface area contributed by atoms with Crippen molar-refractivity contribution >= 4 is 59.4 Å². The van der Waals surface area contributed by atoms with E-state index in [2.05, 4.69) is 16.0 Å². The maximum Gasteiger partial charge on any atom is 0.407 e. The minimum absolute atomic E-state index is 0.0689. The molecule has 418 valence electrons. The van der Waals surface area contributed by atoms with E-state index in [-0.39, 0.29) is 48.6 Å². The maximum atomic E-state index is 14.1. The highest BCUT2D eigenvalue weighted by Gasteiger charge is 2.36. The summed E-state index contributed by atoms with van der Waals surface area (Å²) in [7, 11) is 2.82. The third kappa shape index (κ3) is 24.3. The monoisotopic (exact) mass is 1060 g/mol. The highest BCUT2D eigenvalue weighted by molar-refractivity contribution is 7.98. The molecular weight excluding hydrogens is 971 g/mol. The van der Waals surface area contributed by atoms with E-state index in [0.717, 1.165) is 16.0 Å². The van der Waals surface area contributed by atoms with Crippen LogP contribution in [0.3, 0.4) is 0 Å². The lowest BCUT2D eigenvalue weighted by Gasteiger charge is -2.33. The van der Waals surface area contributed by atoms with Crippen LogP contribution in [0.2, 0.25) is 0 Å². The van der Waals surface area contributed by atoms with Crippen LogP contribution in [0.25, 0.3) is 0 Å². The van der Waals surface area contributed by atoms with Crippen LogP contribution in [0.4, 0.5) is 4.79 Å². The number of allylic oxidation sites excluding steroid dienone is 1. The largest absolute Gasteiger partial charge is 0.480 e. The first kappa shape index (κ1) is 66.6. The fourth-order valence-electron chi connectivity index (χ4n) is 7.74. The Bertz CT molecular complexity index is 2040. The molecule has 5 amide bonds. The fourth-order valence-corrected chi connectivity index (χ4v) is 8.05. The third-order valence-electron chi connectivity index (χ3n) is 12.6. The average Bonchev–Trinajstić information content (AvgIpc) is 3.33. The van der Waals surface area contributed by atoms with E-state index >= 15 is 0 Å². The Morgan fingerprint density at radius 3 is 2.07 bits per heavy atom. The third-order valence-corrected chi connectivity index (χ3v) is 13.0. The molecule has 0 aliphatic rings. The van der Waals surface area contributed by atoms with Crippen molar-refractivity contribution in [1.29, 1.82) is 0 Å². The minimum Gasteiger partial charge on any atom is -0.480 e. The number of esters is 2. The molecule has 0 aliphatic carbocycles. The summed E-state index contributed by atoms with van der Waals surface area (Å²) in [5.41, 5.74) is 1.17. The lowest BCUT2D eigenvalue weighted by molar-refractivity contribution is -0.156. The van der Waals surface area contributed by atoms with Gasteiger partial charge in [0.25, 0.3) is 5.91 Å². The number of unbranched alkanes of at least 4 members (excludes halogenated alkanes) is 1. The van der Waals surface area contributed by atoms with Gasteiger partial charge in [-0.15, -0.1) is 11.8 Å². The van der Waals surface area contributed by atoms with Gasteiger partial charge in [0.15, 0.2) is 6.10 Å². The quantitative estimate of drug-likeness (QED) is 0.0137. The standard InChI is InChI=1S/C55H89N5O13S/c1-17-35(5)46(51(65)66)58-45(61)32-59(14)50(64)42(31-41-25-20-19-21-26-41)60(15)49(63)40(10)57-48(62)44(30-34(3)4)71-52(67)38(8)27-28-43(70-33-74-16)39(9)47(36(6)18-2)72-53(68)37(7)24-22-23-29-56-54(69)73-55(11,12)13/h18-21,25-27,34-35,37,39-40,42-44,46-47H,17,22-24,28-33H2,1-16H3,(H,56,69)(H,57,62)(H,58,61)(H,65,66)/b36-18+,38-27+/t35?,37-,39+,40+,42-,43+,44-,46+,47-/m1/s1. The van der Waals surface area contributed by atoms with Gasteiger partial charge in [0.2, 0.25) is 17.7 Å².